The summed E-state index contributed by atoms with van der Waals surface area (Å²) in [6, 6.07) is 0. The molecule has 0 bridgehead atoms. The molecule has 0 aromatic rings. The summed E-state index contributed by atoms with van der Waals surface area (Å²) in [5.41, 5.74) is 0. The molecule has 1 aliphatic heterocycles. The molecule has 0 radical (unpaired) electrons. The lowest BCUT2D eigenvalue weighted by Gasteiger charge is -2.26. The van der Waals surface area contributed by atoms with Crippen molar-refractivity contribution in [2.24, 2.45) is 5.92 Å². The van der Waals surface area contributed by atoms with E-state index in [9.17, 15) is 8.42 Å². The van der Waals surface area contributed by atoms with Crippen LogP contribution in [-0.4, -0.2) is 20.6 Å². The van der Waals surface area contributed by atoms with E-state index < -0.39 is 10.4 Å². The highest BCUT2D eigenvalue weighted by Gasteiger charge is 2.41. The lowest BCUT2D eigenvalue weighted by Crippen LogP contribution is -2.30. The van der Waals surface area contributed by atoms with Crippen LogP contribution in [0.1, 0.15) is 39.0 Å². The molecule has 1 heterocycles. The van der Waals surface area contributed by atoms with Gasteiger partial charge in [0.15, 0.2) is 0 Å². The largest absolute Gasteiger partial charge is 0.400 e. The molecule has 0 aromatic heterocycles. The predicted molar refractivity (Wildman–Crippen MR) is 50.9 cm³/mol. The van der Waals surface area contributed by atoms with Crippen molar-refractivity contribution < 1.29 is 16.8 Å². The van der Waals surface area contributed by atoms with E-state index in [1.807, 2.05) is 0 Å². The molecular formula is C9H16O4S. The predicted octanol–water partition coefficient (Wildman–Crippen LogP) is 1.62. The fraction of sp³-hybridized carbons (Fsp3) is 1.00. The third-order valence-electron chi connectivity index (χ3n) is 3.08. The van der Waals surface area contributed by atoms with Gasteiger partial charge in [-0.1, -0.05) is 19.3 Å². The second kappa shape index (κ2) is 3.79. The summed E-state index contributed by atoms with van der Waals surface area (Å²) in [4.78, 5) is 0. The van der Waals surface area contributed by atoms with E-state index in [-0.39, 0.29) is 12.2 Å². The molecule has 1 aliphatic carbocycles. The van der Waals surface area contributed by atoms with Crippen LogP contribution in [0.25, 0.3) is 0 Å². The second-order valence-electron chi connectivity index (χ2n) is 4.17. The van der Waals surface area contributed by atoms with Gasteiger partial charge in [0, 0.05) is 0 Å². The Morgan fingerprint density at radius 2 is 1.71 bits per heavy atom. The van der Waals surface area contributed by atoms with Gasteiger partial charge < -0.3 is 0 Å². The van der Waals surface area contributed by atoms with Gasteiger partial charge in [0.05, 0.1) is 0 Å². The topological polar surface area (TPSA) is 52.6 Å². The zero-order valence-corrected chi connectivity index (χ0v) is 9.13. The van der Waals surface area contributed by atoms with Crippen molar-refractivity contribution in [3.8, 4) is 0 Å². The molecule has 2 fully saturated rings. The maximum absolute atomic E-state index is 11.0. The Hall–Kier alpha value is -0.130. The first-order valence-corrected chi connectivity index (χ1v) is 6.53. The Bertz CT molecular complexity index is 292. The Kier molecular flexibility index (Phi) is 2.81. The second-order valence-corrected chi connectivity index (χ2v) is 5.37. The molecule has 82 valence electrons. The van der Waals surface area contributed by atoms with Crippen molar-refractivity contribution in [1.29, 1.82) is 0 Å². The maximum atomic E-state index is 11.0. The van der Waals surface area contributed by atoms with Gasteiger partial charge in [-0.2, -0.15) is 8.42 Å². The van der Waals surface area contributed by atoms with Crippen molar-refractivity contribution >= 4 is 10.4 Å². The quantitative estimate of drug-likeness (QED) is 0.673. The molecule has 14 heavy (non-hydrogen) atoms. The molecule has 0 aromatic carbocycles. The van der Waals surface area contributed by atoms with Crippen LogP contribution in [0.2, 0.25) is 0 Å². The van der Waals surface area contributed by atoms with Crippen molar-refractivity contribution in [2.45, 2.75) is 51.2 Å². The standard InChI is InChI=1S/C9H16O4S/c1-7-9(13-14(10,11)12-7)8-5-3-2-4-6-8/h7-9H,2-6H2,1H3. The van der Waals surface area contributed by atoms with E-state index in [4.69, 9.17) is 8.37 Å². The summed E-state index contributed by atoms with van der Waals surface area (Å²) in [7, 11) is -3.69. The normalized spacial score (nSPS) is 38.6. The molecule has 4 nitrogen and oxygen atoms in total. The first-order chi connectivity index (χ1) is 6.58. The molecule has 0 amide bonds. The van der Waals surface area contributed by atoms with Crippen LogP contribution < -0.4 is 0 Å². The van der Waals surface area contributed by atoms with Crippen LogP contribution in [0.3, 0.4) is 0 Å². The van der Waals surface area contributed by atoms with Crippen LogP contribution >= 0.6 is 0 Å². The average Bonchev–Trinajstić information content (AvgIpc) is 2.41. The van der Waals surface area contributed by atoms with Gasteiger partial charge in [0.1, 0.15) is 12.2 Å². The molecule has 2 atom stereocenters. The fourth-order valence-electron chi connectivity index (χ4n) is 2.40. The Balaban J connectivity index is 2.04. The lowest BCUT2D eigenvalue weighted by molar-refractivity contribution is 0.0882. The first-order valence-electron chi connectivity index (χ1n) is 5.20. The van der Waals surface area contributed by atoms with Crippen LogP contribution in [0, 0.1) is 5.92 Å². The van der Waals surface area contributed by atoms with Crippen LogP contribution in [0.15, 0.2) is 0 Å². The van der Waals surface area contributed by atoms with Crippen molar-refractivity contribution in [2.75, 3.05) is 0 Å². The van der Waals surface area contributed by atoms with E-state index in [0.717, 1.165) is 12.8 Å². The Morgan fingerprint density at radius 3 is 2.21 bits per heavy atom. The lowest BCUT2D eigenvalue weighted by atomic mass is 9.84. The van der Waals surface area contributed by atoms with Crippen molar-refractivity contribution in [3.05, 3.63) is 0 Å². The summed E-state index contributed by atoms with van der Waals surface area (Å²) in [5.74, 6) is 0.357. The van der Waals surface area contributed by atoms with Crippen molar-refractivity contribution in [1.82, 2.24) is 0 Å². The summed E-state index contributed by atoms with van der Waals surface area (Å²) < 4.78 is 31.8. The minimum atomic E-state index is -3.69. The summed E-state index contributed by atoms with van der Waals surface area (Å²) in [5, 5.41) is 0. The SMILES string of the molecule is CC1OS(=O)(=O)OC1C1CCCCC1. The molecule has 2 aliphatic rings. The Morgan fingerprint density at radius 1 is 1.07 bits per heavy atom. The molecule has 2 rings (SSSR count). The number of rotatable bonds is 1. The van der Waals surface area contributed by atoms with Gasteiger partial charge in [0.2, 0.25) is 0 Å². The Labute approximate surface area is 84.9 Å². The molecule has 2 unspecified atom stereocenters. The van der Waals surface area contributed by atoms with Crippen LogP contribution in [0.5, 0.6) is 0 Å². The minimum absolute atomic E-state index is 0.250. The average molecular weight is 220 g/mol. The van der Waals surface area contributed by atoms with Crippen LogP contribution in [0.4, 0.5) is 0 Å². The minimum Gasteiger partial charge on any atom is -0.242 e. The summed E-state index contributed by atoms with van der Waals surface area (Å²) >= 11 is 0. The zero-order valence-electron chi connectivity index (χ0n) is 8.31. The van der Waals surface area contributed by atoms with Gasteiger partial charge >= 0.3 is 10.4 Å². The third kappa shape index (κ3) is 2.10. The maximum Gasteiger partial charge on any atom is 0.400 e. The number of hydrogen-bond donors (Lipinski definition) is 0. The summed E-state index contributed by atoms with van der Waals surface area (Å²) in [6.45, 7) is 1.77. The van der Waals surface area contributed by atoms with Gasteiger partial charge in [0.25, 0.3) is 0 Å². The van der Waals surface area contributed by atoms with E-state index in [2.05, 4.69) is 0 Å². The van der Waals surface area contributed by atoms with Gasteiger partial charge in [-0.25, -0.2) is 8.37 Å². The van der Waals surface area contributed by atoms with E-state index in [1.165, 1.54) is 19.3 Å². The molecule has 0 N–H and O–H groups in total. The number of hydrogen-bond acceptors (Lipinski definition) is 4. The fourth-order valence-corrected chi connectivity index (χ4v) is 3.51. The first kappa shape index (κ1) is 10.4. The molecule has 5 heteroatoms. The highest BCUT2D eigenvalue weighted by Crippen LogP contribution is 2.34. The zero-order chi connectivity index (χ0) is 10.2. The molecule has 1 saturated carbocycles. The van der Waals surface area contributed by atoms with Gasteiger partial charge in [-0.15, -0.1) is 0 Å². The van der Waals surface area contributed by atoms with Crippen LogP contribution in [-0.2, 0) is 18.8 Å². The smallest absolute Gasteiger partial charge is 0.242 e. The molecule has 0 spiro atoms. The van der Waals surface area contributed by atoms with Crippen molar-refractivity contribution in [3.63, 3.8) is 0 Å². The van der Waals surface area contributed by atoms with Gasteiger partial charge in [-0.3, -0.25) is 0 Å². The highest BCUT2D eigenvalue weighted by atomic mass is 32.3. The summed E-state index contributed by atoms with van der Waals surface area (Å²) in [6.07, 6.45) is 5.17. The van der Waals surface area contributed by atoms with E-state index in [1.54, 1.807) is 6.92 Å². The highest BCUT2D eigenvalue weighted by molar-refractivity contribution is 7.82. The van der Waals surface area contributed by atoms with E-state index >= 15 is 0 Å². The molecule has 1 saturated heterocycles. The third-order valence-corrected chi connectivity index (χ3v) is 4.07. The molecular weight excluding hydrogens is 204 g/mol. The monoisotopic (exact) mass is 220 g/mol. The van der Waals surface area contributed by atoms with E-state index in [0.29, 0.717) is 5.92 Å². The van der Waals surface area contributed by atoms with Gasteiger partial charge in [-0.05, 0) is 25.7 Å².